The number of rotatable bonds is 6. The Hall–Kier alpha value is -2.94. The third-order valence-corrected chi connectivity index (χ3v) is 8.12. The number of carbonyl (C=O) groups excluding carboxylic acids is 1. The van der Waals surface area contributed by atoms with E-state index in [1.807, 2.05) is 4.90 Å². The average Bonchev–Trinajstić information content (AvgIpc) is 3.26. The zero-order chi connectivity index (χ0) is 24.7. The van der Waals surface area contributed by atoms with Gasteiger partial charge in [0.25, 0.3) is 0 Å². The fraction of sp³-hybridized carbons (Fsp3) is 0.577. The summed E-state index contributed by atoms with van der Waals surface area (Å²) in [6, 6.07) is 6.97. The molecule has 0 unspecified atom stereocenters. The van der Waals surface area contributed by atoms with E-state index in [0.717, 1.165) is 56.7 Å². The Kier molecular flexibility index (Phi) is 6.53. The summed E-state index contributed by atoms with van der Waals surface area (Å²) in [6.45, 7) is 5.85. The van der Waals surface area contributed by atoms with Gasteiger partial charge in [-0.15, -0.1) is 0 Å². The fourth-order valence-electron chi connectivity index (χ4n) is 6.56. The van der Waals surface area contributed by atoms with E-state index in [2.05, 4.69) is 21.7 Å². The molecule has 2 fully saturated rings. The van der Waals surface area contributed by atoms with Crippen molar-refractivity contribution >= 4 is 12.0 Å². The average molecular weight is 484 g/mol. The topological polar surface area (TPSA) is 90.7 Å². The van der Waals surface area contributed by atoms with Gasteiger partial charge in [0.2, 0.25) is 5.91 Å². The molecule has 188 valence electrons. The minimum Gasteiger partial charge on any atom is -0.465 e. The number of hydrogen-bond donors (Lipinski definition) is 2. The maximum absolute atomic E-state index is 13.8. The van der Waals surface area contributed by atoms with Crippen LogP contribution < -0.4 is 5.32 Å². The highest BCUT2D eigenvalue weighted by atomic mass is 19.1. The number of halogens is 1. The molecule has 2 bridgehead atoms. The standard InChI is InChI=1S/C26H34FN5O3/c1-16-28-24-8-10-30(17(2)33)15-25(24)32(16)22-13-20-6-7-21(14-22)31(20)11-9-23(29-26(34)35)18-4-3-5-19(27)12-18/h3-5,12,20-23,29H,6-11,13-15H2,1-2H3,(H,34,35)/t20-,21+,22+,23-/m0/s1. The van der Waals surface area contributed by atoms with Crippen LogP contribution in [0, 0.1) is 12.7 Å². The van der Waals surface area contributed by atoms with Crippen LogP contribution in [-0.2, 0) is 17.8 Å². The maximum Gasteiger partial charge on any atom is 0.405 e. The van der Waals surface area contributed by atoms with E-state index in [1.165, 1.54) is 17.8 Å². The minimum atomic E-state index is -1.10. The monoisotopic (exact) mass is 483 g/mol. The van der Waals surface area contributed by atoms with Crippen molar-refractivity contribution in [2.45, 2.75) is 83.1 Å². The molecule has 4 heterocycles. The van der Waals surface area contributed by atoms with E-state index >= 15 is 0 Å². The number of carbonyl (C=O) groups is 2. The van der Waals surface area contributed by atoms with Crippen molar-refractivity contribution in [3.63, 3.8) is 0 Å². The minimum absolute atomic E-state index is 0.110. The molecule has 1 aromatic carbocycles. The summed E-state index contributed by atoms with van der Waals surface area (Å²) in [5.74, 6) is 0.789. The molecule has 0 saturated carbocycles. The first kappa shape index (κ1) is 23.8. The van der Waals surface area contributed by atoms with E-state index in [4.69, 9.17) is 4.98 Å². The summed E-state index contributed by atoms with van der Waals surface area (Å²) < 4.78 is 16.2. The van der Waals surface area contributed by atoms with Crippen LogP contribution in [0.15, 0.2) is 24.3 Å². The number of nitrogens with zero attached hydrogens (tertiary/aromatic N) is 4. The molecule has 3 aliphatic heterocycles. The smallest absolute Gasteiger partial charge is 0.405 e. The van der Waals surface area contributed by atoms with Crippen molar-refractivity contribution in [1.29, 1.82) is 0 Å². The van der Waals surface area contributed by atoms with Gasteiger partial charge in [0, 0.05) is 44.6 Å². The molecule has 3 aliphatic rings. The van der Waals surface area contributed by atoms with Crippen LogP contribution in [0.4, 0.5) is 9.18 Å². The van der Waals surface area contributed by atoms with Gasteiger partial charge in [0.05, 0.1) is 24.0 Å². The van der Waals surface area contributed by atoms with Crippen LogP contribution in [0.1, 0.15) is 73.9 Å². The molecular weight excluding hydrogens is 449 g/mol. The molecule has 0 spiro atoms. The molecule has 1 aromatic heterocycles. The zero-order valence-electron chi connectivity index (χ0n) is 20.4. The number of aryl methyl sites for hydroxylation is 1. The highest BCUT2D eigenvalue weighted by molar-refractivity contribution is 5.73. The second-order valence-electron chi connectivity index (χ2n) is 10.2. The summed E-state index contributed by atoms with van der Waals surface area (Å²) >= 11 is 0. The second kappa shape index (κ2) is 9.60. The first-order valence-corrected chi connectivity index (χ1v) is 12.6. The Labute approximate surface area is 205 Å². The molecular formula is C26H34FN5O3. The van der Waals surface area contributed by atoms with Crippen molar-refractivity contribution in [3.8, 4) is 0 Å². The third-order valence-electron chi connectivity index (χ3n) is 8.12. The number of piperidine rings is 1. The first-order chi connectivity index (χ1) is 16.8. The Balaban J connectivity index is 1.29. The summed E-state index contributed by atoms with van der Waals surface area (Å²) in [7, 11) is 0. The summed E-state index contributed by atoms with van der Waals surface area (Å²) in [5.41, 5.74) is 2.98. The summed E-state index contributed by atoms with van der Waals surface area (Å²) in [5, 5.41) is 11.9. The lowest BCUT2D eigenvalue weighted by Gasteiger charge is -2.41. The number of aromatic nitrogens is 2. The number of nitrogens with one attached hydrogen (secondary N) is 1. The van der Waals surface area contributed by atoms with Crippen LogP contribution in [0.5, 0.6) is 0 Å². The molecule has 8 nitrogen and oxygen atoms in total. The summed E-state index contributed by atoms with van der Waals surface area (Å²) in [4.78, 5) is 32.7. The quantitative estimate of drug-likeness (QED) is 0.652. The highest BCUT2D eigenvalue weighted by Crippen LogP contribution is 2.43. The molecule has 2 saturated heterocycles. The lowest BCUT2D eigenvalue weighted by molar-refractivity contribution is -0.129. The molecule has 35 heavy (non-hydrogen) atoms. The van der Waals surface area contributed by atoms with Crippen molar-refractivity contribution in [3.05, 3.63) is 52.9 Å². The number of amides is 2. The van der Waals surface area contributed by atoms with Gasteiger partial charge in [0.15, 0.2) is 0 Å². The molecule has 2 amide bonds. The Morgan fingerprint density at radius 2 is 1.97 bits per heavy atom. The van der Waals surface area contributed by atoms with Crippen molar-refractivity contribution in [2.75, 3.05) is 13.1 Å². The SMILES string of the molecule is CC(=O)N1CCc2nc(C)n([C@H]3C[C@H]4CC[C@@H](C3)N4CC[C@H](NC(=O)O)c3cccc(F)c3)c2C1. The molecule has 2 N–H and O–H groups in total. The summed E-state index contributed by atoms with van der Waals surface area (Å²) in [6.07, 6.45) is 4.63. The van der Waals surface area contributed by atoms with Crippen molar-refractivity contribution in [1.82, 2.24) is 24.7 Å². The zero-order valence-corrected chi connectivity index (χ0v) is 20.4. The van der Waals surface area contributed by atoms with Crippen LogP contribution in [0.3, 0.4) is 0 Å². The molecule has 0 aliphatic carbocycles. The van der Waals surface area contributed by atoms with Crippen LogP contribution in [0.25, 0.3) is 0 Å². The normalized spacial score (nSPS) is 24.8. The third kappa shape index (κ3) is 4.78. The van der Waals surface area contributed by atoms with Gasteiger partial charge >= 0.3 is 6.09 Å². The van der Waals surface area contributed by atoms with E-state index in [-0.39, 0.29) is 11.7 Å². The molecule has 0 radical (unpaired) electrons. The van der Waals surface area contributed by atoms with Crippen molar-refractivity contribution < 1.29 is 19.1 Å². The first-order valence-electron chi connectivity index (χ1n) is 12.6. The maximum atomic E-state index is 13.8. The van der Waals surface area contributed by atoms with E-state index in [1.54, 1.807) is 19.1 Å². The predicted octanol–water partition coefficient (Wildman–Crippen LogP) is 3.80. The molecule has 2 aromatic rings. The van der Waals surface area contributed by atoms with Gasteiger partial charge in [-0.1, -0.05) is 12.1 Å². The van der Waals surface area contributed by atoms with Gasteiger partial charge in [-0.25, -0.2) is 14.2 Å². The number of benzene rings is 1. The second-order valence-corrected chi connectivity index (χ2v) is 10.2. The number of fused-ring (bicyclic) bond motifs is 3. The van der Waals surface area contributed by atoms with E-state index < -0.39 is 12.1 Å². The van der Waals surface area contributed by atoms with Crippen LogP contribution >= 0.6 is 0 Å². The number of hydrogen-bond acceptors (Lipinski definition) is 4. The lowest BCUT2D eigenvalue weighted by Crippen LogP contribution is -2.45. The van der Waals surface area contributed by atoms with Crippen LogP contribution in [-0.4, -0.2) is 61.6 Å². The van der Waals surface area contributed by atoms with Gasteiger partial charge in [-0.05, 0) is 56.7 Å². The van der Waals surface area contributed by atoms with Gasteiger partial charge < -0.3 is 19.9 Å². The Morgan fingerprint density at radius 1 is 1.23 bits per heavy atom. The van der Waals surface area contributed by atoms with Crippen molar-refractivity contribution in [2.24, 2.45) is 0 Å². The van der Waals surface area contributed by atoms with E-state index in [9.17, 15) is 19.1 Å². The highest BCUT2D eigenvalue weighted by Gasteiger charge is 2.42. The van der Waals surface area contributed by atoms with Gasteiger partial charge in [0.1, 0.15) is 11.6 Å². The van der Waals surface area contributed by atoms with Gasteiger partial charge in [-0.2, -0.15) is 0 Å². The Morgan fingerprint density at radius 3 is 2.63 bits per heavy atom. The predicted molar refractivity (Wildman–Crippen MR) is 128 cm³/mol. The van der Waals surface area contributed by atoms with Crippen LogP contribution in [0.2, 0.25) is 0 Å². The van der Waals surface area contributed by atoms with Gasteiger partial charge in [-0.3, -0.25) is 9.69 Å². The molecule has 9 heteroatoms. The number of imidazole rings is 1. The molecule has 4 atom stereocenters. The molecule has 5 rings (SSSR count). The Bertz CT molecular complexity index is 1100. The number of carboxylic acid groups (broad SMARTS) is 1. The fourth-order valence-corrected chi connectivity index (χ4v) is 6.56. The van der Waals surface area contributed by atoms with E-state index in [0.29, 0.717) is 36.7 Å². The lowest BCUT2D eigenvalue weighted by atomic mass is 9.95. The largest absolute Gasteiger partial charge is 0.465 e.